The van der Waals surface area contributed by atoms with Crippen molar-refractivity contribution >= 4 is 10.5 Å². The Kier molecular flexibility index (Phi) is 4.36. The van der Waals surface area contributed by atoms with Gasteiger partial charge in [0.05, 0.1) is 0 Å². The maximum atomic E-state index is 11.6. The number of carbonyl (C=O) groups is 1. The van der Waals surface area contributed by atoms with Gasteiger partial charge in [0, 0.05) is 0 Å². The third kappa shape index (κ3) is 2.89. The topological polar surface area (TPSA) is 63.6 Å². The fourth-order valence-corrected chi connectivity index (χ4v) is 1.97. The molecule has 1 aromatic rings. The molecular formula is C12H12CoO4. The molecule has 93 valence electrons. The summed E-state index contributed by atoms with van der Waals surface area (Å²) >= 11 is -1.82. The van der Waals surface area contributed by atoms with Gasteiger partial charge in [0.1, 0.15) is 0 Å². The molecule has 4 nitrogen and oxygen atoms in total. The SMILES string of the molecule is C=[CH][Co](=[O])[C](=C)c1ccc(O)cc1C(=O)OC. The number of rotatable bonds is 4. The predicted octanol–water partition coefficient (Wildman–Crippen LogP) is 2.26. The van der Waals surface area contributed by atoms with E-state index in [4.69, 9.17) is 0 Å². The van der Waals surface area contributed by atoms with Gasteiger partial charge in [-0.15, -0.1) is 0 Å². The second kappa shape index (κ2) is 5.56. The van der Waals surface area contributed by atoms with Crippen LogP contribution in [0.2, 0.25) is 0 Å². The minimum atomic E-state index is -1.82. The summed E-state index contributed by atoms with van der Waals surface area (Å²) in [4.78, 5) is 11.5. The molecule has 0 heterocycles. The molecule has 0 amide bonds. The van der Waals surface area contributed by atoms with E-state index >= 15 is 0 Å². The Morgan fingerprint density at radius 3 is 2.65 bits per heavy atom. The zero-order chi connectivity index (χ0) is 13.0. The number of aromatic hydroxyl groups is 1. The zero-order valence-electron chi connectivity index (χ0n) is 9.23. The molecule has 0 bridgehead atoms. The first-order valence-corrected chi connectivity index (χ1v) is 6.08. The van der Waals surface area contributed by atoms with E-state index in [1.165, 1.54) is 30.3 Å². The van der Waals surface area contributed by atoms with Crippen LogP contribution in [0.25, 0.3) is 4.51 Å². The summed E-state index contributed by atoms with van der Waals surface area (Å²) in [5.74, 6) is -0.695. The Morgan fingerprint density at radius 1 is 1.47 bits per heavy atom. The number of hydrogen-bond acceptors (Lipinski definition) is 4. The molecule has 17 heavy (non-hydrogen) atoms. The van der Waals surface area contributed by atoms with Crippen molar-refractivity contribution in [3.8, 4) is 5.75 Å². The average Bonchev–Trinajstić information content (AvgIpc) is 2.35. The molecule has 1 aromatic carbocycles. The van der Waals surface area contributed by atoms with Crippen molar-refractivity contribution < 1.29 is 32.1 Å². The number of phenolic OH excluding ortho intramolecular Hbond substituents is 1. The van der Waals surface area contributed by atoms with E-state index in [9.17, 15) is 13.8 Å². The molecule has 0 aliphatic heterocycles. The third-order valence-electron chi connectivity index (χ3n) is 2.01. The summed E-state index contributed by atoms with van der Waals surface area (Å²) < 4.78 is 16.4. The summed E-state index contributed by atoms with van der Waals surface area (Å²) in [7, 11) is 1.23. The van der Waals surface area contributed by atoms with Gasteiger partial charge >= 0.3 is 103 Å². The first-order valence-electron chi connectivity index (χ1n) is 4.54. The fourth-order valence-electron chi connectivity index (χ4n) is 1.21. The molecular weight excluding hydrogens is 267 g/mol. The van der Waals surface area contributed by atoms with Crippen LogP contribution in [-0.2, 0) is 22.2 Å². The van der Waals surface area contributed by atoms with Crippen LogP contribution in [0.5, 0.6) is 5.75 Å². The number of benzene rings is 1. The summed E-state index contributed by atoms with van der Waals surface area (Å²) in [5.41, 5.74) is 0.511. The molecule has 1 N–H and O–H groups in total. The van der Waals surface area contributed by atoms with Crippen LogP contribution in [0.4, 0.5) is 0 Å². The van der Waals surface area contributed by atoms with Crippen LogP contribution in [0.15, 0.2) is 36.4 Å². The first-order chi connectivity index (χ1) is 8.01. The van der Waals surface area contributed by atoms with E-state index in [2.05, 4.69) is 17.9 Å². The number of esters is 1. The average molecular weight is 279 g/mol. The van der Waals surface area contributed by atoms with E-state index in [1.54, 1.807) is 0 Å². The van der Waals surface area contributed by atoms with Crippen LogP contribution < -0.4 is 0 Å². The van der Waals surface area contributed by atoms with E-state index in [1.807, 2.05) is 0 Å². The number of hydrogen-bond donors (Lipinski definition) is 1. The molecule has 0 radical (unpaired) electrons. The van der Waals surface area contributed by atoms with Crippen molar-refractivity contribution in [2.24, 2.45) is 0 Å². The number of methoxy groups -OCH3 is 1. The molecule has 5 heteroatoms. The van der Waals surface area contributed by atoms with Gasteiger partial charge in [0.25, 0.3) is 0 Å². The second-order valence-electron chi connectivity index (χ2n) is 2.98. The first kappa shape index (κ1) is 13.3. The molecule has 0 fully saturated rings. The standard InChI is InChI=1S/C10H9O3.C2H3.Co.O/c1-3-7-4-5-8(11)6-9(7)10(12)13-2;1-2;;/h4-6,11H,1H2,2H3;1H,2H2;;. The van der Waals surface area contributed by atoms with Crippen LogP contribution in [0, 0.1) is 0 Å². The van der Waals surface area contributed by atoms with Crippen molar-refractivity contribution in [3.63, 3.8) is 0 Å². The van der Waals surface area contributed by atoms with E-state index in [0.717, 1.165) is 0 Å². The van der Waals surface area contributed by atoms with Gasteiger partial charge < -0.3 is 0 Å². The quantitative estimate of drug-likeness (QED) is 0.859. The summed E-state index contributed by atoms with van der Waals surface area (Å²) in [6.07, 6.45) is 0. The van der Waals surface area contributed by atoms with E-state index in [0.29, 0.717) is 5.56 Å². The Labute approximate surface area is 103 Å². The van der Waals surface area contributed by atoms with E-state index in [-0.39, 0.29) is 15.8 Å². The summed E-state index contributed by atoms with van der Waals surface area (Å²) in [5, 5.41) is 10.6. The monoisotopic (exact) mass is 279 g/mol. The molecule has 0 atom stereocenters. The molecule has 0 aromatic heterocycles. The van der Waals surface area contributed by atoms with Crippen LogP contribution in [0.3, 0.4) is 0 Å². The van der Waals surface area contributed by atoms with Crippen molar-refractivity contribution in [2.75, 3.05) is 7.11 Å². The normalized spacial score (nSPS) is 10.5. The van der Waals surface area contributed by atoms with Crippen LogP contribution in [-0.4, -0.2) is 18.2 Å². The fraction of sp³-hybridized carbons (Fsp3) is 0.0833. The number of ether oxygens (including phenoxy) is 1. The number of phenols is 1. The van der Waals surface area contributed by atoms with Crippen LogP contribution >= 0.6 is 0 Å². The van der Waals surface area contributed by atoms with Gasteiger partial charge in [0.15, 0.2) is 0 Å². The molecule has 0 aliphatic rings. The number of carbonyl (C=O) groups excluding carboxylic acids is 1. The summed E-state index contributed by atoms with van der Waals surface area (Å²) in [6.45, 7) is 7.07. The van der Waals surface area contributed by atoms with Gasteiger partial charge in [-0.1, -0.05) is 0 Å². The molecule has 0 saturated heterocycles. The van der Waals surface area contributed by atoms with Gasteiger partial charge in [-0.3, -0.25) is 0 Å². The van der Waals surface area contributed by atoms with Gasteiger partial charge in [-0.2, -0.15) is 0 Å². The third-order valence-corrected chi connectivity index (χ3v) is 3.30. The van der Waals surface area contributed by atoms with E-state index < -0.39 is 19.6 Å². The van der Waals surface area contributed by atoms with Crippen molar-refractivity contribution in [3.05, 3.63) is 47.5 Å². The van der Waals surface area contributed by atoms with Crippen molar-refractivity contribution in [2.45, 2.75) is 0 Å². The Bertz CT molecular complexity index is 505. The Hall–Kier alpha value is -1.72. The minimum absolute atomic E-state index is 0.0736. The van der Waals surface area contributed by atoms with Gasteiger partial charge in [-0.25, -0.2) is 0 Å². The molecule has 0 spiro atoms. The molecule has 0 saturated carbocycles. The van der Waals surface area contributed by atoms with Crippen LogP contribution in [0.1, 0.15) is 15.9 Å². The summed E-state index contributed by atoms with van der Waals surface area (Å²) in [6, 6.07) is 4.11. The van der Waals surface area contributed by atoms with Gasteiger partial charge in [-0.05, 0) is 0 Å². The maximum absolute atomic E-state index is 11.6. The van der Waals surface area contributed by atoms with Gasteiger partial charge in [0.2, 0.25) is 0 Å². The second-order valence-corrected chi connectivity index (χ2v) is 4.79. The Morgan fingerprint density at radius 2 is 2.12 bits per heavy atom. The molecule has 1 rings (SSSR count). The van der Waals surface area contributed by atoms with Crippen molar-refractivity contribution in [1.29, 1.82) is 0 Å². The predicted molar refractivity (Wildman–Crippen MR) is 59.4 cm³/mol. The molecule has 0 aliphatic carbocycles. The van der Waals surface area contributed by atoms with Crippen molar-refractivity contribution in [1.82, 2.24) is 0 Å². The zero-order valence-corrected chi connectivity index (χ0v) is 10.3. The Balaban J connectivity index is 3.33. The molecule has 0 unspecified atom stereocenters.